The zero-order valence-corrected chi connectivity index (χ0v) is 17.2. The van der Waals surface area contributed by atoms with Crippen molar-refractivity contribution in [3.8, 4) is 0 Å². The first-order valence-electron chi connectivity index (χ1n) is 10.2. The predicted octanol–water partition coefficient (Wildman–Crippen LogP) is 2.91. The van der Waals surface area contributed by atoms with E-state index in [2.05, 4.69) is 17.6 Å². The summed E-state index contributed by atoms with van der Waals surface area (Å²) in [5.74, 6) is 0.298. The minimum absolute atomic E-state index is 0.0111. The molecule has 0 bridgehead atoms. The zero-order chi connectivity index (χ0) is 21.1. The maximum absolute atomic E-state index is 11.8. The number of rotatable bonds is 12. The lowest BCUT2D eigenvalue weighted by Crippen LogP contribution is -2.25. The fourth-order valence-electron chi connectivity index (χ4n) is 3.08. The molecule has 0 saturated heterocycles. The number of hydrogen-bond donors (Lipinski definition) is 4. The topological polar surface area (TPSA) is 108 Å². The monoisotopic (exact) mass is 401 g/mol. The van der Waals surface area contributed by atoms with E-state index in [9.17, 15) is 9.59 Å². The fourth-order valence-corrected chi connectivity index (χ4v) is 3.08. The highest BCUT2D eigenvalue weighted by Gasteiger charge is 2.12. The van der Waals surface area contributed by atoms with Gasteiger partial charge in [0.15, 0.2) is 0 Å². The predicted molar refractivity (Wildman–Crippen MR) is 114 cm³/mol. The van der Waals surface area contributed by atoms with Crippen LogP contribution in [0.4, 0.5) is 5.82 Å². The van der Waals surface area contributed by atoms with E-state index >= 15 is 0 Å². The third-order valence-electron chi connectivity index (χ3n) is 4.54. The van der Waals surface area contributed by atoms with E-state index in [1.54, 1.807) is 11.6 Å². The van der Waals surface area contributed by atoms with E-state index in [4.69, 9.17) is 10.2 Å². The summed E-state index contributed by atoms with van der Waals surface area (Å²) < 4.78 is 1.95. The van der Waals surface area contributed by atoms with E-state index in [1.807, 2.05) is 29.7 Å². The molecule has 2 rings (SSSR count). The van der Waals surface area contributed by atoms with Crippen LogP contribution in [0.2, 0.25) is 0 Å². The lowest BCUT2D eigenvalue weighted by molar-refractivity contribution is -0.124. The largest absolute Gasteiger partial charge is 0.369 e. The summed E-state index contributed by atoms with van der Waals surface area (Å²) in [5, 5.41) is 14.8. The molecule has 158 valence electrons. The number of hydrogen-bond acceptors (Lipinski definition) is 5. The van der Waals surface area contributed by atoms with Gasteiger partial charge in [0.2, 0.25) is 5.91 Å². The van der Waals surface area contributed by atoms with Crippen LogP contribution in [0.1, 0.15) is 57.2 Å². The number of aromatic nitrogens is 2. The average Bonchev–Trinajstić information content (AvgIpc) is 3.06. The Morgan fingerprint density at radius 1 is 1.21 bits per heavy atom. The molecule has 0 aliphatic heterocycles. The first-order valence-corrected chi connectivity index (χ1v) is 10.2. The fraction of sp³-hybridized carbons (Fsp3) is 0.476. The molecule has 2 aromatic heterocycles. The molecule has 0 radical (unpaired) electrons. The van der Waals surface area contributed by atoms with Gasteiger partial charge in [-0.2, -0.15) is 0 Å². The van der Waals surface area contributed by atoms with Gasteiger partial charge in [-0.25, -0.2) is 10.5 Å². The van der Waals surface area contributed by atoms with Crippen molar-refractivity contribution in [3.05, 3.63) is 35.7 Å². The molecule has 0 fully saturated rings. The van der Waals surface area contributed by atoms with Crippen LogP contribution in [0.5, 0.6) is 0 Å². The van der Waals surface area contributed by atoms with Crippen LogP contribution in [-0.4, -0.2) is 39.5 Å². The Labute approximate surface area is 171 Å². The van der Waals surface area contributed by atoms with Gasteiger partial charge in [0.1, 0.15) is 11.5 Å². The van der Waals surface area contributed by atoms with Gasteiger partial charge in [-0.05, 0) is 43.5 Å². The summed E-state index contributed by atoms with van der Waals surface area (Å²) in [6.07, 6.45) is 10.6. The zero-order valence-electron chi connectivity index (χ0n) is 17.2. The quantitative estimate of drug-likeness (QED) is 0.189. The number of amides is 2. The van der Waals surface area contributed by atoms with Crippen LogP contribution in [-0.2, 0) is 16.0 Å². The van der Waals surface area contributed by atoms with E-state index in [0.717, 1.165) is 42.0 Å². The minimum atomic E-state index is -0.590. The molecule has 4 N–H and O–H groups in total. The molecule has 8 heteroatoms. The van der Waals surface area contributed by atoms with Gasteiger partial charge >= 0.3 is 0 Å². The van der Waals surface area contributed by atoms with Crippen molar-refractivity contribution in [2.45, 2.75) is 52.4 Å². The van der Waals surface area contributed by atoms with Crippen molar-refractivity contribution in [1.82, 2.24) is 20.2 Å². The molecular formula is C21H31N5O3. The Bertz CT molecular complexity index is 844. The molecule has 8 nitrogen and oxygen atoms in total. The molecule has 2 aromatic rings. The minimum Gasteiger partial charge on any atom is -0.369 e. The van der Waals surface area contributed by atoms with Crippen molar-refractivity contribution in [2.24, 2.45) is 0 Å². The van der Waals surface area contributed by atoms with Gasteiger partial charge in [0.05, 0.1) is 5.69 Å². The van der Waals surface area contributed by atoms with Crippen LogP contribution in [0, 0.1) is 0 Å². The number of carbonyl (C=O) groups excluding carboxylic acids is 2. The van der Waals surface area contributed by atoms with Crippen molar-refractivity contribution in [2.75, 3.05) is 18.4 Å². The van der Waals surface area contributed by atoms with Gasteiger partial charge in [0, 0.05) is 31.8 Å². The maximum Gasteiger partial charge on any atom is 0.267 e. The second kappa shape index (κ2) is 11.9. The molecule has 2 heterocycles. The van der Waals surface area contributed by atoms with E-state index < -0.39 is 5.91 Å². The molecule has 0 aliphatic rings. The third-order valence-corrected chi connectivity index (χ3v) is 4.54. The SMILES string of the molecule is CCCCCCc1nc2ccc(C=CC(=O)NO)cn2c1NCCC(=O)NCC. The summed E-state index contributed by atoms with van der Waals surface area (Å²) in [6.45, 7) is 5.21. The Morgan fingerprint density at radius 2 is 2.03 bits per heavy atom. The highest BCUT2D eigenvalue weighted by atomic mass is 16.5. The highest BCUT2D eigenvalue weighted by molar-refractivity contribution is 5.90. The summed E-state index contributed by atoms with van der Waals surface area (Å²) in [7, 11) is 0. The Hall–Kier alpha value is -2.87. The Morgan fingerprint density at radius 3 is 2.76 bits per heavy atom. The third kappa shape index (κ3) is 6.90. The number of imidazole rings is 1. The number of nitrogens with one attached hydrogen (secondary N) is 3. The maximum atomic E-state index is 11.8. The summed E-state index contributed by atoms with van der Waals surface area (Å²) in [4.78, 5) is 27.7. The van der Waals surface area contributed by atoms with E-state index in [0.29, 0.717) is 19.5 Å². The van der Waals surface area contributed by atoms with E-state index in [1.165, 1.54) is 18.9 Å². The normalized spacial score (nSPS) is 11.1. The van der Waals surface area contributed by atoms with Gasteiger partial charge in [-0.3, -0.25) is 19.2 Å². The molecule has 0 aromatic carbocycles. The number of aryl methyl sites for hydroxylation is 1. The number of fused-ring (bicyclic) bond motifs is 1. The van der Waals surface area contributed by atoms with Crippen LogP contribution >= 0.6 is 0 Å². The number of unbranched alkanes of at least 4 members (excludes halogenated alkanes) is 3. The lowest BCUT2D eigenvalue weighted by Gasteiger charge is -2.09. The van der Waals surface area contributed by atoms with Crippen LogP contribution in [0.3, 0.4) is 0 Å². The number of nitrogens with zero attached hydrogens (tertiary/aromatic N) is 2. The number of hydroxylamine groups is 1. The Balaban J connectivity index is 2.23. The van der Waals surface area contributed by atoms with Gasteiger partial charge in [0.25, 0.3) is 5.91 Å². The highest BCUT2D eigenvalue weighted by Crippen LogP contribution is 2.22. The van der Waals surface area contributed by atoms with Crippen LogP contribution in [0.15, 0.2) is 24.4 Å². The van der Waals surface area contributed by atoms with Crippen LogP contribution in [0.25, 0.3) is 11.7 Å². The lowest BCUT2D eigenvalue weighted by atomic mass is 10.1. The molecular weight excluding hydrogens is 370 g/mol. The van der Waals surface area contributed by atoms with Crippen molar-refractivity contribution >= 4 is 29.4 Å². The van der Waals surface area contributed by atoms with Gasteiger partial charge in [-0.15, -0.1) is 0 Å². The van der Waals surface area contributed by atoms with Gasteiger partial charge < -0.3 is 10.6 Å². The van der Waals surface area contributed by atoms with Crippen molar-refractivity contribution in [1.29, 1.82) is 0 Å². The van der Waals surface area contributed by atoms with Crippen molar-refractivity contribution < 1.29 is 14.8 Å². The first kappa shape index (κ1) is 22.4. The van der Waals surface area contributed by atoms with Crippen molar-refractivity contribution in [3.63, 3.8) is 0 Å². The molecule has 0 saturated carbocycles. The summed E-state index contributed by atoms with van der Waals surface area (Å²) in [6, 6.07) is 3.75. The molecule has 0 aliphatic carbocycles. The smallest absolute Gasteiger partial charge is 0.267 e. The molecule has 0 atom stereocenters. The van der Waals surface area contributed by atoms with E-state index in [-0.39, 0.29) is 5.91 Å². The second-order valence-corrected chi connectivity index (χ2v) is 6.85. The second-order valence-electron chi connectivity index (χ2n) is 6.85. The molecule has 0 unspecified atom stereocenters. The van der Waals surface area contributed by atoms with Gasteiger partial charge in [-0.1, -0.05) is 26.2 Å². The number of carbonyl (C=O) groups is 2. The van der Waals surface area contributed by atoms with Crippen LogP contribution < -0.4 is 16.1 Å². The molecule has 0 spiro atoms. The first-order chi connectivity index (χ1) is 14.1. The summed E-state index contributed by atoms with van der Waals surface area (Å²) >= 11 is 0. The standard InChI is InChI=1S/C21H31N5O3/c1-3-5-6-7-8-17-21(23-14-13-19(27)22-4-2)26-15-16(9-11-18(26)24-17)10-12-20(28)25-29/h9-12,15,23,29H,3-8,13-14H2,1-2H3,(H,22,27)(H,25,28). The Kier molecular flexibility index (Phi) is 9.17. The number of pyridine rings is 1. The average molecular weight is 402 g/mol. The molecule has 2 amide bonds. The number of anilines is 1. The molecule has 29 heavy (non-hydrogen) atoms. The summed E-state index contributed by atoms with van der Waals surface area (Å²) in [5.41, 5.74) is 4.15.